The topological polar surface area (TPSA) is 112 Å². The Labute approximate surface area is 207 Å². The third-order valence-corrected chi connectivity index (χ3v) is 5.52. The number of nitrogens with one attached hydrogen (secondary N) is 2. The van der Waals surface area contributed by atoms with Crippen LogP contribution in [-0.2, 0) is 14.3 Å². The lowest BCUT2D eigenvalue weighted by molar-refractivity contribution is -0.141. The van der Waals surface area contributed by atoms with Gasteiger partial charge >= 0.3 is 6.09 Å². The van der Waals surface area contributed by atoms with Crippen LogP contribution in [0.3, 0.4) is 0 Å². The first-order chi connectivity index (χ1) is 16.1. The zero-order chi connectivity index (χ0) is 25.6. The van der Waals surface area contributed by atoms with Gasteiger partial charge in [-0.25, -0.2) is 4.79 Å². The molecule has 0 radical (unpaired) electrons. The van der Waals surface area contributed by atoms with Gasteiger partial charge in [0.2, 0.25) is 11.8 Å². The fourth-order valence-corrected chi connectivity index (χ4v) is 3.78. The molecule has 9 heteroatoms. The number of benzene rings is 1. The average Bonchev–Trinajstić information content (AvgIpc) is 2.78. The van der Waals surface area contributed by atoms with Crippen LogP contribution in [0.25, 0.3) is 0 Å². The molecule has 1 aromatic carbocycles. The van der Waals surface area contributed by atoms with Gasteiger partial charge in [0.05, 0.1) is 6.07 Å². The molecule has 1 rings (SSSR count). The highest BCUT2D eigenvalue weighted by Gasteiger charge is 2.36. The number of carbonyl (C=O) groups is 3. The molecule has 2 atom stereocenters. The summed E-state index contributed by atoms with van der Waals surface area (Å²) in [6.45, 7) is 7.47. The van der Waals surface area contributed by atoms with E-state index in [0.29, 0.717) is 24.3 Å². The van der Waals surface area contributed by atoms with Crippen LogP contribution in [0, 0.1) is 11.3 Å². The second-order valence-electron chi connectivity index (χ2n) is 8.92. The second-order valence-corrected chi connectivity index (χ2v) is 9.90. The van der Waals surface area contributed by atoms with Gasteiger partial charge < -0.3 is 20.3 Å². The molecule has 0 bridgehead atoms. The Morgan fingerprint density at radius 1 is 1.18 bits per heavy atom. The van der Waals surface area contributed by atoms with Crippen LogP contribution in [0.1, 0.15) is 65.0 Å². The molecule has 0 aliphatic heterocycles. The predicted octanol–water partition coefficient (Wildman–Crippen LogP) is 4.03. The molecule has 1 aromatic rings. The lowest BCUT2D eigenvalue weighted by Crippen LogP contribution is -2.53. The third-order valence-electron chi connectivity index (χ3n) is 4.88. The van der Waals surface area contributed by atoms with Crippen LogP contribution in [-0.4, -0.2) is 59.5 Å². The van der Waals surface area contributed by atoms with Gasteiger partial charge in [0.25, 0.3) is 0 Å². The van der Waals surface area contributed by atoms with Crippen molar-refractivity contribution >= 4 is 29.7 Å². The number of unbranched alkanes of at least 4 members (excludes halogenated alkanes) is 2. The molecule has 8 nitrogen and oxygen atoms in total. The Morgan fingerprint density at radius 3 is 2.41 bits per heavy atom. The van der Waals surface area contributed by atoms with Crippen LogP contribution in [0.4, 0.5) is 4.79 Å². The molecule has 0 fully saturated rings. The minimum absolute atomic E-state index is 0.299. The Morgan fingerprint density at radius 2 is 1.85 bits per heavy atom. The summed E-state index contributed by atoms with van der Waals surface area (Å²) in [5, 5.41) is 15.1. The van der Waals surface area contributed by atoms with Gasteiger partial charge in [0.1, 0.15) is 24.2 Å². The van der Waals surface area contributed by atoms with Crippen molar-refractivity contribution in [1.29, 1.82) is 5.26 Å². The van der Waals surface area contributed by atoms with Crippen molar-refractivity contribution in [2.75, 3.05) is 25.1 Å². The molecule has 188 valence electrons. The maximum absolute atomic E-state index is 13.7. The normalized spacial score (nSPS) is 12.7. The maximum Gasteiger partial charge on any atom is 0.408 e. The number of amides is 3. The quantitative estimate of drug-likeness (QED) is 0.319. The molecule has 0 heterocycles. The summed E-state index contributed by atoms with van der Waals surface area (Å²) < 4.78 is 5.33. The van der Waals surface area contributed by atoms with Gasteiger partial charge in [0.15, 0.2) is 0 Å². The summed E-state index contributed by atoms with van der Waals surface area (Å²) in [5.41, 5.74) is -0.131. The predicted molar refractivity (Wildman–Crippen MR) is 135 cm³/mol. The summed E-state index contributed by atoms with van der Waals surface area (Å²) in [6, 6.07) is 8.98. The van der Waals surface area contributed by atoms with E-state index in [1.807, 2.05) is 18.4 Å². The van der Waals surface area contributed by atoms with Gasteiger partial charge in [-0.15, -0.1) is 0 Å². The number of thioether (sulfide) groups is 1. The molecule has 2 unspecified atom stereocenters. The number of carbonyl (C=O) groups excluding carboxylic acids is 3. The van der Waals surface area contributed by atoms with Crippen LogP contribution >= 0.6 is 11.8 Å². The first-order valence-corrected chi connectivity index (χ1v) is 13.0. The number of hydrogen-bond donors (Lipinski definition) is 2. The number of alkyl carbamates (subject to hydrolysis) is 1. The van der Waals surface area contributed by atoms with Crippen molar-refractivity contribution in [1.82, 2.24) is 15.5 Å². The van der Waals surface area contributed by atoms with E-state index in [0.717, 1.165) is 19.3 Å². The SMILES string of the molecule is CCCCCNC(=O)C(c1ccccc1)N(CC#N)C(=O)C(CCSC)NC(=O)OC(C)(C)C. The van der Waals surface area contributed by atoms with Gasteiger partial charge in [-0.2, -0.15) is 17.0 Å². The van der Waals surface area contributed by atoms with E-state index in [1.54, 1.807) is 45.0 Å². The van der Waals surface area contributed by atoms with E-state index in [4.69, 9.17) is 4.74 Å². The monoisotopic (exact) mass is 490 g/mol. The zero-order valence-corrected chi connectivity index (χ0v) is 21.7. The van der Waals surface area contributed by atoms with E-state index in [9.17, 15) is 19.6 Å². The summed E-state index contributed by atoms with van der Waals surface area (Å²) in [5.74, 6) is -0.253. The lowest BCUT2D eigenvalue weighted by atomic mass is 10.0. The summed E-state index contributed by atoms with van der Waals surface area (Å²) in [7, 11) is 0. The average molecular weight is 491 g/mol. The van der Waals surface area contributed by atoms with Gasteiger partial charge in [-0.05, 0) is 51.2 Å². The second kappa shape index (κ2) is 15.2. The molecular weight excluding hydrogens is 452 g/mol. The number of rotatable bonds is 13. The zero-order valence-electron chi connectivity index (χ0n) is 20.9. The molecule has 0 saturated carbocycles. The Hall–Kier alpha value is -2.73. The fraction of sp³-hybridized carbons (Fsp3) is 0.600. The van der Waals surface area contributed by atoms with E-state index >= 15 is 0 Å². The molecule has 0 spiro atoms. The third kappa shape index (κ3) is 10.5. The lowest BCUT2D eigenvalue weighted by Gasteiger charge is -2.33. The Balaban J connectivity index is 3.25. The first kappa shape index (κ1) is 29.3. The molecule has 0 aliphatic carbocycles. The molecule has 3 amide bonds. The van der Waals surface area contributed by atoms with Crippen molar-refractivity contribution in [3.8, 4) is 6.07 Å². The summed E-state index contributed by atoms with van der Waals surface area (Å²) in [6.07, 6.45) is 4.34. The highest BCUT2D eigenvalue weighted by Crippen LogP contribution is 2.23. The van der Waals surface area contributed by atoms with Crippen LogP contribution in [0.5, 0.6) is 0 Å². The molecule has 0 aromatic heterocycles. The summed E-state index contributed by atoms with van der Waals surface area (Å²) in [4.78, 5) is 40.6. The van der Waals surface area contributed by atoms with Crippen LogP contribution in [0.15, 0.2) is 30.3 Å². The van der Waals surface area contributed by atoms with Crippen molar-refractivity contribution in [2.24, 2.45) is 0 Å². The number of nitrogens with zero attached hydrogens (tertiary/aromatic N) is 2. The van der Waals surface area contributed by atoms with Crippen molar-refractivity contribution in [2.45, 2.75) is 71.1 Å². The first-order valence-electron chi connectivity index (χ1n) is 11.6. The van der Waals surface area contributed by atoms with Gasteiger partial charge in [0, 0.05) is 6.54 Å². The van der Waals surface area contributed by atoms with Crippen molar-refractivity contribution in [3.05, 3.63) is 35.9 Å². The number of ether oxygens (including phenoxy) is 1. The van der Waals surface area contributed by atoms with Crippen molar-refractivity contribution in [3.63, 3.8) is 0 Å². The van der Waals surface area contributed by atoms with E-state index in [-0.39, 0.29) is 12.5 Å². The van der Waals surface area contributed by atoms with E-state index in [2.05, 4.69) is 17.6 Å². The summed E-state index contributed by atoms with van der Waals surface area (Å²) >= 11 is 1.53. The van der Waals surface area contributed by atoms with Crippen LogP contribution < -0.4 is 10.6 Å². The maximum atomic E-state index is 13.7. The molecule has 0 aliphatic rings. The van der Waals surface area contributed by atoms with E-state index in [1.165, 1.54) is 16.7 Å². The Kier molecular flexibility index (Phi) is 13.1. The highest BCUT2D eigenvalue weighted by molar-refractivity contribution is 7.98. The van der Waals surface area contributed by atoms with Crippen molar-refractivity contribution < 1.29 is 19.1 Å². The minimum Gasteiger partial charge on any atom is -0.444 e. The standard InChI is InChI=1S/C25H38N4O4S/c1-6-7-11-16-27-22(30)21(19-12-9-8-10-13-19)29(17-15-26)23(31)20(14-18-34-5)28-24(32)33-25(2,3)4/h8-10,12-13,20-21H,6-7,11,14,16-18H2,1-5H3,(H,27,30)(H,28,32). The molecule has 0 saturated heterocycles. The molecule has 34 heavy (non-hydrogen) atoms. The number of nitriles is 1. The Bertz CT molecular complexity index is 820. The number of hydrogen-bond acceptors (Lipinski definition) is 6. The smallest absolute Gasteiger partial charge is 0.408 e. The van der Waals surface area contributed by atoms with Crippen LogP contribution in [0.2, 0.25) is 0 Å². The fourth-order valence-electron chi connectivity index (χ4n) is 3.31. The highest BCUT2D eigenvalue weighted by atomic mass is 32.2. The van der Waals surface area contributed by atoms with Gasteiger partial charge in [-0.1, -0.05) is 50.1 Å². The largest absolute Gasteiger partial charge is 0.444 e. The molecule has 2 N–H and O–H groups in total. The van der Waals surface area contributed by atoms with E-state index < -0.39 is 29.7 Å². The minimum atomic E-state index is -0.993. The molecular formula is C25H38N4O4S. The van der Waals surface area contributed by atoms with Gasteiger partial charge in [-0.3, -0.25) is 9.59 Å².